The Bertz CT molecular complexity index is 1590. The van der Waals surface area contributed by atoms with Crippen LogP contribution in [0.3, 0.4) is 0 Å². The van der Waals surface area contributed by atoms with Crippen LogP contribution in [0.1, 0.15) is 42.2 Å². The van der Waals surface area contributed by atoms with Gasteiger partial charge in [-0.3, -0.25) is 4.79 Å². The summed E-state index contributed by atoms with van der Waals surface area (Å²) in [7, 11) is 2.10. The molecule has 4 heterocycles. The number of hydrogen-bond donors (Lipinski definition) is 0. The Hall–Kier alpha value is -3.78. The van der Waals surface area contributed by atoms with Crippen molar-refractivity contribution in [3.63, 3.8) is 0 Å². The third-order valence-corrected chi connectivity index (χ3v) is 9.08. The van der Waals surface area contributed by atoms with Crippen molar-refractivity contribution in [1.82, 2.24) is 19.8 Å². The summed E-state index contributed by atoms with van der Waals surface area (Å²) in [5, 5.41) is 12.1. The maximum Gasteiger partial charge on any atom is 0.318 e. The van der Waals surface area contributed by atoms with E-state index in [1.54, 1.807) is 0 Å². The molecule has 0 radical (unpaired) electrons. The number of carbonyl (C=O) groups excluding carboxylic acids is 1. The number of ether oxygens (including phenoxy) is 2. The number of likely N-dealkylation sites (tertiary alicyclic amines) is 1. The van der Waals surface area contributed by atoms with E-state index >= 15 is 0 Å². The van der Waals surface area contributed by atoms with E-state index in [9.17, 15) is 14.4 Å². The third kappa shape index (κ3) is 5.90. The predicted molar refractivity (Wildman–Crippen MR) is 162 cm³/mol. The summed E-state index contributed by atoms with van der Waals surface area (Å²) < 4.78 is 26.5. The van der Waals surface area contributed by atoms with Crippen LogP contribution in [0.4, 0.5) is 10.2 Å². The molecule has 0 saturated carbocycles. The second kappa shape index (κ2) is 12.4. The second-order valence-corrected chi connectivity index (χ2v) is 11.8. The van der Waals surface area contributed by atoms with Gasteiger partial charge in [-0.05, 0) is 43.5 Å². The normalized spacial score (nSPS) is 22.3. The second-order valence-electron chi connectivity index (χ2n) is 11.4. The molecule has 0 bridgehead atoms. The molecular formula is C32H34ClFN6O3. The molecule has 0 N–H and O–H groups in total. The van der Waals surface area contributed by atoms with Crippen LogP contribution in [-0.2, 0) is 22.6 Å². The number of amides is 1. The minimum Gasteiger partial charge on any atom is -0.462 e. The summed E-state index contributed by atoms with van der Waals surface area (Å²) in [4.78, 5) is 27.9. The standard InChI is InChI=1S/C32H34ClFN6O3/c1-20(34)31(41)40-15-14-39(17-22(40)11-12-35)30-25-19-42-28(24-9-3-6-21-7-4-10-26(33)29(21)24)16-27(25)36-32(37-30)43-18-23-8-5-13-38(23)2/h3-4,6-7,9-10,22-23,28H,1,5,8,11,13-19H2,2H3/t22-,23+,28-/m0/s1. The number of aromatic nitrogens is 2. The first kappa shape index (κ1) is 29.3. The van der Waals surface area contributed by atoms with Gasteiger partial charge in [-0.2, -0.15) is 15.2 Å². The molecule has 1 amide bonds. The Kier molecular flexibility index (Phi) is 8.48. The fourth-order valence-electron chi connectivity index (χ4n) is 6.46. The number of likely N-dealkylation sites (N-methyl/N-ethyl adjacent to an activating group) is 1. The van der Waals surface area contributed by atoms with Gasteiger partial charge in [0, 0.05) is 48.1 Å². The highest BCUT2D eigenvalue weighted by Crippen LogP contribution is 2.39. The van der Waals surface area contributed by atoms with E-state index in [0.29, 0.717) is 43.0 Å². The van der Waals surface area contributed by atoms with Crippen LogP contribution in [0.2, 0.25) is 5.02 Å². The van der Waals surface area contributed by atoms with Gasteiger partial charge in [0.2, 0.25) is 0 Å². The number of nitriles is 1. The lowest BCUT2D eigenvalue weighted by Crippen LogP contribution is -2.55. The van der Waals surface area contributed by atoms with E-state index in [2.05, 4.69) is 24.6 Å². The van der Waals surface area contributed by atoms with Gasteiger partial charge in [0.05, 0.1) is 36.9 Å². The average molecular weight is 605 g/mol. The van der Waals surface area contributed by atoms with Gasteiger partial charge in [0.1, 0.15) is 12.4 Å². The molecule has 3 aliphatic rings. The smallest absolute Gasteiger partial charge is 0.318 e. The molecule has 43 heavy (non-hydrogen) atoms. The Morgan fingerprint density at radius 1 is 1.21 bits per heavy atom. The lowest BCUT2D eigenvalue weighted by molar-refractivity contribution is -0.131. The third-order valence-electron chi connectivity index (χ3n) is 8.77. The summed E-state index contributed by atoms with van der Waals surface area (Å²) in [6.07, 6.45) is 2.46. The maximum atomic E-state index is 13.8. The number of piperazine rings is 1. The van der Waals surface area contributed by atoms with E-state index in [4.69, 9.17) is 31.0 Å². The van der Waals surface area contributed by atoms with Gasteiger partial charge in [-0.15, -0.1) is 0 Å². The molecule has 2 saturated heterocycles. The van der Waals surface area contributed by atoms with Crippen LogP contribution < -0.4 is 9.64 Å². The number of nitrogens with zero attached hydrogens (tertiary/aromatic N) is 6. The van der Waals surface area contributed by atoms with Gasteiger partial charge in [-0.1, -0.05) is 48.5 Å². The van der Waals surface area contributed by atoms with E-state index in [1.165, 1.54) is 4.90 Å². The molecule has 2 fully saturated rings. The number of carbonyl (C=O) groups is 1. The zero-order chi connectivity index (χ0) is 30.1. The number of rotatable bonds is 7. The molecule has 3 aliphatic heterocycles. The highest BCUT2D eigenvalue weighted by molar-refractivity contribution is 6.35. The SMILES string of the molecule is C=C(F)C(=O)N1CCN(c2nc(OC[C@H]3CCCN3C)nc3c2CO[C@H](c2cccc4cccc(Cl)c24)C3)C[C@@H]1CC#N. The lowest BCUT2D eigenvalue weighted by atomic mass is 9.94. The number of halogens is 2. The van der Waals surface area contributed by atoms with E-state index < -0.39 is 17.8 Å². The van der Waals surface area contributed by atoms with Crippen LogP contribution in [0.25, 0.3) is 10.8 Å². The lowest BCUT2D eigenvalue weighted by Gasteiger charge is -2.42. The first-order chi connectivity index (χ1) is 20.8. The topological polar surface area (TPSA) is 94.8 Å². The van der Waals surface area contributed by atoms with Gasteiger partial charge >= 0.3 is 6.01 Å². The van der Waals surface area contributed by atoms with E-state index in [-0.39, 0.29) is 31.7 Å². The zero-order valence-electron chi connectivity index (χ0n) is 24.1. The molecule has 0 unspecified atom stereocenters. The van der Waals surface area contributed by atoms with Crippen LogP contribution in [-0.4, -0.2) is 77.6 Å². The van der Waals surface area contributed by atoms with Crippen molar-refractivity contribution >= 4 is 34.1 Å². The number of hydrogen-bond acceptors (Lipinski definition) is 8. The molecule has 3 atom stereocenters. The molecule has 6 rings (SSSR count). The number of fused-ring (bicyclic) bond motifs is 2. The quantitative estimate of drug-likeness (QED) is 0.349. The molecule has 9 nitrogen and oxygen atoms in total. The molecule has 3 aromatic rings. The summed E-state index contributed by atoms with van der Waals surface area (Å²) in [5.74, 6) is -1.16. The Labute approximate surface area is 255 Å². The largest absolute Gasteiger partial charge is 0.462 e. The molecular weight excluding hydrogens is 571 g/mol. The van der Waals surface area contributed by atoms with Crippen molar-refractivity contribution in [1.29, 1.82) is 5.26 Å². The molecule has 0 spiro atoms. The first-order valence-corrected chi connectivity index (χ1v) is 15.0. The molecule has 1 aromatic heterocycles. The predicted octanol–water partition coefficient (Wildman–Crippen LogP) is 4.98. The highest BCUT2D eigenvalue weighted by atomic mass is 35.5. The summed E-state index contributed by atoms with van der Waals surface area (Å²) in [5.41, 5.74) is 2.67. The molecule has 224 valence electrons. The Morgan fingerprint density at radius 2 is 2.02 bits per heavy atom. The highest BCUT2D eigenvalue weighted by Gasteiger charge is 2.36. The fourth-order valence-corrected chi connectivity index (χ4v) is 6.75. The van der Waals surface area contributed by atoms with Crippen molar-refractivity contribution in [2.45, 2.75) is 50.5 Å². The molecule has 11 heteroatoms. The summed E-state index contributed by atoms with van der Waals surface area (Å²) >= 11 is 6.65. The summed E-state index contributed by atoms with van der Waals surface area (Å²) in [6.45, 7) is 5.89. The molecule has 2 aromatic carbocycles. The Balaban J connectivity index is 1.34. The van der Waals surface area contributed by atoms with Crippen molar-refractivity contribution < 1.29 is 18.7 Å². The van der Waals surface area contributed by atoms with E-state index in [1.807, 2.05) is 41.3 Å². The number of anilines is 1. The van der Waals surface area contributed by atoms with Gasteiger partial charge in [0.15, 0.2) is 5.83 Å². The first-order valence-electron chi connectivity index (χ1n) is 14.6. The molecule has 0 aliphatic carbocycles. The van der Waals surface area contributed by atoms with Crippen LogP contribution >= 0.6 is 11.6 Å². The van der Waals surface area contributed by atoms with E-state index in [0.717, 1.165) is 47.0 Å². The van der Waals surface area contributed by atoms with Crippen LogP contribution in [0.5, 0.6) is 6.01 Å². The van der Waals surface area contributed by atoms with Crippen molar-refractivity contribution in [2.75, 3.05) is 44.7 Å². The Morgan fingerprint density at radius 3 is 2.77 bits per heavy atom. The van der Waals surface area contributed by atoms with Gasteiger partial charge in [0.25, 0.3) is 5.91 Å². The van der Waals surface area contributed by atoms with Crippen LogP contribution in [0, 0.1) is 11.3 Å². The minimum atomic E-state index is -1.03. The van der Waals surface area contributed by atoms with Crippen molar-refractivity contribution in [2.24, 2.45) is 0 Å². The van der Waals surface area contributed by atoms with Gasteiger partial charge in [-0.25, -0.2) is 4.39 Å². The van der Waals surface area contributed by atoms with Gasteiger partial charge < -0.3 is 24.2 Å². The maximum absolute atomic E-state index is 13.8. The zero-order valence-corrected chi connectivity index (χ0v) is 24.9. The summed E-state index contributed by atoms with van der Waals surface area (Å²) in [6, 6.07) is 14.1. The average Bonchev–Trinajstić information content (AvgIpc) is 3.43. The van der Waals surface area contributed by atoms with Crippen molar-refractivity contribution in [3.8, 4) is 12.1 Å². The minimum absolute atomic E-state index is 0.0561. The number of benzene rings is 2. The monoisotopic (exact) mass is 604 g/mol. The van der Waals surface area contributed by atoms with Crippen molar-refractivity contribution in [3.05, 3.63) is 70.6 Å². The van der Waals surface area contributed by atoms with Crippen LogP contribution in [0.15, 0.2) is 48.8 Å². The fraction of sp³-hybridized carbons (Fsp3) is 0.438.